The van der Waals surface area contributed by atoms with Crippen molar-refractivity contribution in [3.05, 3.63) is 40.4 Å². The van der Waals surface area contributed by atoms with Crippen molar-refractivity contribution >= 4 is 46.0 Å². The molecule has 0 bridgehead atoms. The van der Waals surface area contributed by atoms with Crippen LogP contribution < -0.4 is 11.1 Å². The number of rotatable bonds is 6. The Morgan fingerprint density at radius 2 is 1.97 bits per heavy atom. The molecular formula is C23H24ClN5O3S. The Labute approximate surface area is 200 Å². The van der Waals surface area contributed by atoms with Gasteiger partial charge in [-0.2, -0.15) is 9.97 Å². The second-order valence-corrected chi connectivity index (χ2v) is 9.52. The van der Waals surface area contributed by atoms with Crippen molar-refractivity contribution in [1.29, 1.82) is 0 Å². The molecule has 5 rings (SSSR count). The van der Waals surface area contributed by atoms with Gasteiger partial charge in [-0.1, -0.05) is 41.6 Å². The first kappa shape index (κ1) is 22.3. The van der Waals surface area contributed by atoms with E-state index in [9.17, 15) is 4.79 Å². The molecule has 1 aromatic heterocycles. The van der Waals surface area contributed by atoms with Gasteiger partial charge in [-0.15, -0.1) is 0 Å². The molecule has 0 spiro atoms. The molecule has 3 N–H and O–H groups in total. The van der Waals surface area contributed by atoms with Gasteiger partial charge in [0.15, 0.2) is 11.0 Å². The first-order chi connectivity index (χ1) is 16.1. The third kappa shape index (κ3) is 4.77. The molecule has 0 unspecified atom stereocenters. The van der Waals surface area contributed by atoms with E-state index >= 15 is 0 Å². The van der Waals surface area contributed by atoms with Crippen LogP contribution in [0.1, 0.15) is 24.0 Å². The third-order valence-electron chi connectivity index (χ3n) is 5.88. The van der Waals surface area contributed by atoms with Crippen molar-refractivity contribution in [3.8, 4) is 11.4 Å². The number of anilines is 1. The van der Waals surface area contributed by atoms with Crippen LogP contribution in [0.2, 0.25) is 5.02 Å². The molecule has 1 fully saturated rings. The van der Waals surface area contributed by atoms with Crippen LogP contribution in [0, 0.1) is 5.92 Å². The van der Waals surface area contributed by atoms with E-state index in [1.807, 2.05) is 18.2 Å². The molecule has 172 valence electrons. The Bertz CT molecular complexity index is 1200. The van der Waals surface area contributed by atoms with Gasteiger partial charge in [0.1, 0.15) is 0 Å². The summed E-state index contributed by atoms with van der Waals surface area (Å²) in [4.78, 5) is 25.6. The molecule has 8 nitrogen and oxygen atoms in total. The number of ether oxygens (including phenoxy) is 2. The number of hydrogen-bond donors (Lipinski definition) is 2. The number of carbonyl (C=O) groups is 1. The summed E-state index contributed by atoms with van der Waals surface area (Å²) in [5.41, 5.74) is 8.92. The fourth-order valence-corrected chi connectivity index (χ4v) is 5.33. The number of aromatic nitrogens is 3. The molecule has 33 heavy (non-hydrogen) atoms. The van der Waals surface area contributed by atoms with E-state index in [0.29, 0.717) is 54.7 Å². The van der Waals surface area contributed by atoms with Crippen molar-refractivity contribution in [2.45, 2.75) is 31.2 Å². The highest BCUT2D eigenvalue weighted by atomic mass is 35.5. The van der Waals surface area contributed by atoms with Crippen LogP contribution >= 0.6 is 23.4 Å². The summed E-state index contributed by atoms with van der Waals surface area (Å²) in [5, 5.41) is 6.14. The smallest absolute Gasteiger partial charge is 0.224 e. The molecule has 0 radical (unpaired) electrons. The van der Waals surface area contributed by atoms with Crippen LogP contribution in [0.25, 0.3) is 22.2 Å². The fourth-order valence-electron chi connectivity index (χ4n) is 4.32. The second-order valence-electron chi connectivity index (χ2n) is 8.05. The Morgan fingerprint density at radius 1 is 1.15 bits per heavy atom. The topological polar surface area (TPSA) is 112 Å². The van der Waals surface area contributed by atoms with E-state index in [4.69, 9.17) is 26.8 Å². The lowest BCUT2D eigenvalue weighted by molar-refractivity contribution is -0.127. The van der Waals surface area contributed by atoms with E-state index in [1.54, 1.807) is 0 Å². The van der Waals surface area contributed by atoms with E-state index in [1.165, 1.54) is 11.8 Å². The minimum Gasteiger partial charge on any atom is -0.381 e. The third-order valence-corrected chi connectivity index (χ3v) is 7.02. The summed E-state index contributed by atoms with van der Waals surface area (Å²) >= 11 is 8.10. The summed E-state index contributed by atoms with van der Waals surface area (Å²) in [7, 11) is 0. The zero-order valence-electron chi connectivity index (χ0n) is 18.0. The van der Waals surface area contributed by atoms with Crippen LogP contribution in [-0.4, -0.2) is 46.4 Å². The molecule has 0 atom stereocenters. The van der Waals surface area contributed by atoms with Gasteiger partial charge < -0.3 is 20.5 Å². The molecule has 3 heterocycles. The molecule has 3 aromatic rings. The molecule has 2 aliphatic rings. The minimum atomic E-state index is 0.0312. The summed E-state index contributed by atoms with van der Waals surface area (Å²) in [5.74, 6) is 1.30. The van der Waals surface area contributed by atoms with E-state index < -0.39 is 0 Å². The van der Waals surface area contributed by atoms with E-state index in [0.717, 1.165) is 40.3 Å². The van der Waals surface area contributed by atoms with Crippen LogP contribution in [-0.2, 0) is 27.5 Å². The number of nitrogens with two attached hydrogens (primary N) is 1. The van der Waals surface area contributed by atoms with Gasteiger partial charge in [-0.05, 0) is 40.8 Å². The van der Waals surface area contributed by atoms with Crippen LogP contribution in [0.4, 0.5) is 5.95 Å². The lowest BCUT2D eigenvalue weighted by Gasteiger charge is -2.21. The average molecular weight is 486 g/mol. The standard InChI is InChI=1S/C23H24ClN5O3S/c24-17-10-15-12-32-11-14-2-1-3-16(18(14)15)19(17)20-27-22(25)29-23(28-20)33-9-6-26-21(30)13-4-7-31-8-5-13/h1-3,10,13H,4-9,11-12H2,(H,26,30)(H2,25,27,28,29). The highest BCUT2D eigenvalue weighted by Crippen LogP contribution is 2.39. The van der Waals surface area contributed by atoms with Gasteiger partial charge in [-0.25, -0.2) is 4.98 Å². The maximum Gasteiger partial charge on any atom is 0.224 e. The summed E-state index contributed by atoms with van der Waals surface area (Å²) in [6, 6.07) is 7.98. The molecular weight excluding hydrogens is 462 g/mol. The minimum absolute atomic E-state index is 0.0312. The highest BCUT2D eigenvalue weighted by molar-refractivity contribution is 7.99. The number of halogens is 1. The largest absolute Gasteiger partial charge is 0.381 e. The van der Waals surface area contributed by atoms with Crippen molar-refractivity contribution in [2.75, 3.05) is 31.2 Å². The number of nitrogens with one attached hydrogen (secondary N) is 1. The SMILES string of the molecule is Nc1nc(SCCNC(=O)C2CCOCC2)nc(-c2c(Cl)cc3c4c(cccc24)COC3)n1. The maximum absolute atomic E-state index is 12.3. The molecule has 0 saturated carbocycles. The number of hydrogen-bond acceptors (Lipinski definition) is 8. The Kier molecular flexibility index (Phi) is 6.64. The number of amides is 1. The lowest BCUT2D eigenvalue weighted by Crippen LogP contribution is -2.35. The van der Waals surface area contributed by atoms with Crippen LogP contribution in [0.15, 0.2) is 29.4 Å². The second kappa shape index (κ2) is 9.80. The Hall–Kier alpha value is -2.46. The fraction of sp³-hybridized carbons (Fsp3) is 0.391. The van der Waals surface area contributed by atoms with Gasteiger partial charge in [0.2, 0.25) is 11.9 Å². The first-order valence-corrected chi connectivity index (χ1v) is 12.3. The predicted molar refractivity (Wildman–Crippen MR) is 128 cm³/mol. The predicted octanol–water partition coefficient (Wildman–Crippen LogP) is 3.59. The highest BCUT2D eigenvalue weighted by Gasteiger charge is 2.22. The van der Waals surface area contributed by atoms with Crippen LogP contribution in [0.5, 0.6) is 0 Å². The molecule has 2 aliphatic heterocycles. The van der Waals surface area contributed by atoms with E-state index in [2.05, 4.69) is 26.3 Å². The first-order valence-electron chi connectivity index (χ1n) is 10.9. The average Bonchev–Trinajstić information content (AvgIpc) is 2.82. The Balaban J connectivity index is 1.34. The summed E-state index contributed by atoms with van der Waals surface area (Å²) < 4.78 is 11.0. The summed E-state index contributed by atoms with van der Waals surface area (Å²) in [6.45, 7) is 2.89. The number of nitrogen functional groups attached to an aromatic ring is 1. The van der Waals surface area contributed by atoms with Gasteiger partial charge >= 0.3 is 0 Å². The Morgan fingerprint density at radius 3 is 2.82 bits per heavy atom. The normalized spacial score (nSPS) is 16.2. The number of benzene rings is 2. The van der Waals surface area contributed by atoms with Crippen LogP contribution in [0.3, 0.4) is 0 Å². The molecule has 1 saturated heterocycles. The lowest BCUT2D eigenvalue weighted by atomic mass is 9.94. The molecule has 0 aliphatic carbocycles. The molecule has 1 amide bonds. The quantitative estimate of drug-likeness (QED) is 0.402. The van der Waals surface area contributed by atoms with Gasteiger partial charge in [-0.3, -0.25) is 4.79 Å². The van der Waals surface area contributed by atoms with Gasteiger partial charge in [0, 0.05) is 37.0 Å². The van der Waals surface area contributed by atoms with E-state index in [-0.39, 0.29) is 17.8 Å². The zero-order chi connectivity index (χ0) is 22.8. The molecule has 2 aromatic carbocycles. The zero-order valence-corrected chi connectivity index (χ0v) is 19.5. The maximum atomic E-state index is 12.3. The van der Waals surface area contributed by atoms with Gasteiger partial charge in [0.25, 0.3) is 0 Å². The molecule has 10 heteroatoms. The van der Waals surface area contributed by atoms with Crippen molar-refractivity contribution in [2.24, 2.45) is 5.92 Å². The number of carbonyl (C=O) groups excluding carboxylic acids is 1. The summed E-state index contributed by atoms with van der Waals surface area (Å²) in [6.07, 6.45) is 1.54. The monoisotopic (exact) mass is 485 g/mol. The van der Waals surface area contributed by atoms with Crippen molar-refractivity contribution in [3.63, 3.8) is 0 Å². The number of thioether (sulfide) groups is 1. The number of nitrogens with zero attached hydrogens (tertiary/aromatic N) is 3. The van der Waals surface area contributed by atoms with Crippen molar-refractivity contribution < 1.29 is 14.3 Å². The van der Waals surface area contributed by atoms with Crippen molar-refractivity contribution in [1.82, 2.24) is 20.3 Å². The van der Waals surface area contributed by atoms with Gasteiger partial charge in [0.05, 0.1) is 18.2 Å².